The average Bonchev–Trinajstić information content (AvgIpc) is 3.38. The molecule has 150 valence electrons. The average molecular weight is 409 g/mol. The van der Waals surface area contributed by atoms with E-state index in [-0.39, 0.29) is 18.7 Å². The number of hydrogen-bond acceptors (Lipinski definition) is 5. The maximum absolute atomic E-state index is 14.1. The summed E-state index contributed by atoms with van der Waals surface area (Å²) in [6, 6.07) is 6.49. The number of amides is 2. The van der Waals surface area contributed by atoms with Crippen LogP contribution in [0.1, 0.15) is 29.0 Å². The Bertz CT molecular complexity index is 954. The van der Waals surface area contributed by atoms with Gasteiger partial charge in [0.25, 0.3) is 5.91 Å². The van der Waals surface area contributed by atoms with Crippen molar-refractivity contribution in [2.24, 2.45) is 0 Å². The molecule has 1 aromatic carbocycles. The van der Waals surface area contributed by atoms with Crippen molar-refractivity contribution in [3.8, 4) is 0 Å². The number of furan rings is 1. The lowest BCUT2D eigenvalue weighted by molar-refractivity contribution is -0.120. The summed E-state index contributed by atoms with van der Waals surface area (Å²) in [5.74, 6) is -1.47. The van der Waals surface area contributed by atoms with E-state index in [0.717, 1.165) is 12.1 Å². The number of rotatable bonds is 7. The number of nitrogens with one attached hydrogen (secondary N) is 2. The molecule has 0 aliphatic carbocycles. The van der Waals surface area contributed by atoms with Gasteiger partial charge in [-0.15, -0.1) is 0 Å². The van der Waals surface area contributed by atoms with Crippen molar-refractivity contribution in [3.05, 3.63) is 53.7 Å². The first-order chi connectivity index (χ1) is 13.4. The van der Waals surface area contributed by atoms with E-state index >= 15 is 0 Å². The van der Waals surface area contributed by atoms with Crippen LogP contribution >= 0.6 is 0 Å². The van der Waals surface area contributed by atoms with Gasteiger partial charge in [0.1, 0.15) is 16.5 Å². The summed E-state index contributed by atoms with van der Waals surface area (Å²) in [5, 5.41) is 4.95. The van der Waals surface area contributed by atoms with Gasteiger partial charge < -0.3 is 15.1 Å². The molecule has 0 radical (unpaired) electrons. The molecule has 0 unspecified atom stereocenters. The molecule has 2 aromatic rings. The van der Waals surface area contributed by atoms with Crippen molar-refractivity contribution in [2.75, 3.05) is 19.6 Å². The number of benzene rings is 1. The number of sulfonamides is 1. The van der Waals surface area contributed by atoms with E-state index in [0.29, 0.717) is 31.7 Å². The number of nitrogens with zero attached hydrogens (tertiary/aromatic N) is 1. The molecule has 1 aliphatic rings. The molecule has 28 heavy (non-hydrogen) atoms. The Morgan fingerprint density at radius 1 is 1.14 bits per heavy atom. The number of hydrogen-bond donors (Lipinski definition) is 2. The lowest BCUT2D eigenvalue weighted by Crippen LogP contribution is -2.36. The maximum Gasteiger partial charge on any atom is 0.251 e. The summed E-state index contributed by atoms with van der Waals surface area (Å²) < 4.78 is 45.6. The predicted octanol–water partition coefficient (Wildman–Crippen LogP) is 1.25. The summed E-state index contributed by atoms with van der Waals surface area (Å²) in [6.07, 6.45) is 2.91. The van der Waals surface area contributed by atoms with Crippen molar-refractivity contribution in [1.82, 2.24) is 14.9 Å². The van der Waals surface area contributed by atoms with Gasteiger partial charge >= 0.3 is 0 Å². The Morgan fingerprint density at radius 2 is 1.89 bits per heavy atom. The van der Waals surface area contributed by atoms with Crippen LogP contribution in [0.2, 0.25) is 0 Å². The zero-order valence-corrected chi connectivity index (χ0v) is 15.8. The molecule has 2 N–H and O–H groups in total. The third-order valence-electron chi connectivity index (χ3n) is 4.33. The molecule has 2 amide bonds. The second kappa shape index (κ2) is 8.53. The molecule has 10 heteroatoms. The van der Waals surface area contributed by atoms with E-state index in [9.17, 15) is 22.4 Å². The molecule has 0 bridgehead atoms. The van der Waals surface area contributed by atoms with Gasteiger partial charge in [-0.1, -0.05) is 0 Å². The van der Waals surface area contributed by atoms with Crippen molar-refractivity contribution < 1.29 is 26.8 Å². The summed E-state index contributed by atoms with van der Waals surface area (Å²) in [5.41, 5.74) is -0.0435. The first-order valence-corrected chi connectivity index (χ1v) is 10.2. The first kappa shape index (κ1) is 20.0. The highest BCUT2D eigenvalue weighted by Crippen LogP contribution is 2.24. The lowest BCUT2D eigenvalue weighted by atomic mass is 10.2. The van der Waals surface area contributed by atoms with Gasteiger partial charge in [-0.25, -0.2) is 12.8 Å². The quantitative estimate of drug-likeness (QED) is 0.715. The Labute approximate surface area is 161 Å². The first-order valence-electron chi connectivity index (χ1n) is 8.75. The van der Waals surface area contributed by atoms with Crippen molar-refractivity contribution in [1.29, 1.82) is 0 Å². The van der Waals surface area contributed by atoms with Crippen molar-refractivity contribution in [2.45, 2.75) is 24.3 Å². The minimum Gasteiger partial charge on any atom is -0.467 e. The minimum absolute atomic E-state index is 0.0435. The molecule has 0 spiro atoms. The molecule has 0 atom stereocenters. The summed E-state index contributed by atoms with van der Waals surface area (Å²) in [6.45, 7) is 0.518. The van der Waals surface area contributed by atoms with E-state index in [1.807, 2.05) is 0 Å². The molecule has 0 saturated carbocycles. The zero-order valence-electron chi connectivity index (χ0n) is 15.0. The van der Waals surface area contributed by atoms with Crippen LogP contribution < -0.4 is 10.6 Å². The van der Waals surface area contributed by atoms with Crippen LogP contribution in [0.25, 0.3) is 0 Å². The zero-order chi connectivity index (χ0) is 20.1. The van der Waals surface area contributed by atoms with Crippen LogP contribution in [0, 0.1) is 5.82 Å². The number of carbonyl (C=O) groups is 2. The van der Waals surface area contributed by atoms with Gasteiger partial charge in [0.2, 0.25) is 15.9 Å². The normalized spacial score (nSPS) is 14.8. The summed E-state index contributed by atoms with van der Waals surface area (Å²) in [4.78, 5) is 23.5. The number of carbonyl (C=O) groups excluding carboxylic acids is 2. The molecule has 1 fully saturated rings. The van der Waals surface area contributed by atoms with Gasteiger partial charge in [-0.2, -0.15) is 4.31 Å². The van der Waals surface area contributed by atoms with Crippen molar-refractivity contribution in [3.63, 3.8) is 0 Å². The van der Waals surface area contributed by atoms with E-state index < -0.39 is 32.6 Å². The fourth-order valence-corrected chi connectivity index (χ4v) is 4.44. The molecular weight excluding hydrogens is 389 g/mol. The fraction of sp³-hybridized carbons (Fsp3) is 0.333. The topological polar surface area (TPSA) is 109 Å². The third-order valence-corrected chi connectivity index (χ3v) is 6.24. The molecule has 1 aliphatic heterocycles. The second-order valence-corrected chi connectivity index (χ2v) is 8.20. The van der Waals surface area contributed by atoms with Crippen LogP contribution in [-0.2, 0) is 21.4 Å². The van der Waals surface area contributed by atoms with E-state index in [2.05, 4.69) is 10.6 Å². The molecule has 3 rings (SSSR count). The SMILES string of the molecule is O=C(CNC(=O)c1ccc(F)c(S(=O)(=O)N2CCCC2)c1)NCc1ccco1. The maximum atomic E-state index is 14.1. The second-order valence-electron chi connectivity index (χ2n) is 6.30. The predicted molar refractivity (Wildman–Crippen MR) is 97.3 cm³/mol. The minimum atomic E-state index is -4.00. The van der Waals surface area contributed by atoms with Crippen LogP contribution in [0.4, 0.5) is 4.39 Å². The van der Waals surface area contributed by atoms with Gasteiger partial charge in [0.05, 0.1) is 19.4 Å². The summed E-state index contributed by atoms with van der Waals surface area (Å²) in [7, 11) is -4.00. The molecule has 1 aromatic heterocycles. The highest BCUT2D eigenvalue weighted by atomic mass is 32.2. The van der Waals surface area contributed by atoms with Crippen LogP contribution in [0.5, 0.6) is 0 Å². The molecule has 8 nitrogen and oxygen atoms in total. The third kappa shape index (κ3) is 4.57. The van der Waals surface area contributed by atoms with Gasteiger partial charge in [-0.3, -0.25) is 9.59 Å². The fourth-order valence-electron chi connectivity index (χ4n) is 2.83. The van der Waals surface area contributed by atoms with Crippen molar-refractivity contribution >= 4 is 21.8 Å². The van der Waals surface area contributed by atoms with Crippen LogP contribution in [0.3, 0.4) is 0 Å². The van der Waals surface area contributed by atoms with E-state index in [4.69, 9.17) is 4.42 Å². The Hall–Kier alpha value is -2.72. The molecule has 2 heterocycles. The van der Waals surface area contributed by atoms with Crippen LogP contribution in [-0.4, -0.2) is 44.2 Å². The van der Waals surface area contributed by atoms with E-state index in [1.54, 1.807) is 12.1 Å². The molecule has 1 saturated heterocycles. The standard InChI is InChI=1S/C18H20FN3O5S/c19-15-6-5-13(10-16(15)28(25,26)22-7-1-2-8-22)18(24)21-12-17(23)20-11-14-4-3-9-27-14/h3-6,9-10H,1-2,7-8,11-12H2,(H,20,23)(H,21,24). The monoisotopic (exact) mass is 409 g/mol. The Balaban J connectivity index is 1.63. The number of halogens is 1. The smallest absolute Gasteiger partial charge is 0.251 e. The largest absolute Gasteiger partial charge is 0.467 e. The van der Waals surface area contributed by atoms with Gasteiger partial charge in [0.15, 0.2) is 0 Å². The Morgan fingerprint density at radius 3 is 2.57 bits per heavy atom. The Kier molecular flexibility index (Phi) is 6.10. The lowest BCUT2D eigenvalue weighted by Gasteiger charge is -2.16. The summed E-state index contributed by atoms with van der Waals surface area (Å²) >= 11 is 0. The van der Waals surface area contributed by atoms with E-state index in [1.165, 1.54) is 16.6 Å². The highest BCUT2D eigenvalue weighted by molar-refractivity contribution is 7.89. The highest BCUT2D eigenvalue weighted by Gasteiger charge is 2.30. The molecular formula is C18H20FN3O5S. The van der Waals surface area contributed by atoms with Crippen LogP contribution in [0.15, 0.2) is 45.9 Å². The van der Waals surface area contributed by atoms with Gasteiger partial charge in [-0.05, 0) is 43.2 Å². The van der Waals surface area contributed by atoms with Gasteiger partial charge in [0, 0.05) is 18.7 Å².